The molecule has 18 heavy (non-hydrogen) atoms. The summed E-state index contributed by atoms with van der Waals surface area (Å²) in [5.74, 6) is 0.929. The van der Waals surface area contributed by atoms with Crippen LogP contribution >= 0.6 is 0 Å². The van der Waals surface area contributed by atoms with E-state index in [0.717, 1.165) is 24.4 Å². The summed E-state index contributed by atoms with van der Waals surface area (Å²) in [7, 11) is 0. The predicted octanol–water partition coefficient (Wildman–Crippen LogP) is 1.96. The molecule has 2 heterocycles. The molecule has 0 fully saturated rings. The van der Waals surface area contributed by atoms with Crippen LogP contribution in [0.15, 0.2) is 12.5 Å². The number of H-pyrrole nitrogens is 2. The van der Waals surface area contributed by atoms with Crippen LogP contribution in [0, 0.1) is 0 Å². The van der Waals surface area contributed by atoms with E-state index in [2.05, 4.69) is 58.3 Å². The maximum atomic E-state index is 4.25. The summed E-state index contributed by atoms with van der Waals surface area (Å²) in [4.78, 5) is 4.25. The third-order valence-corrected chi connectivity index (χ3v) is 3.54. The maximum Gasteiger partial charge on any atom is 0.137 e. The van der Waals surface area contributed by atoms with Crippen LogP contribution < -0.4 is 0 Å². The van der Waals surface area contributed by atoms with Gasteiger partial charge in [-0.3, -0.25) is 5.10 Å². The fraction of sp³-hybridized carbons (Fsp3) is 0.667. The Morgan fingerprint density at radius 3 is 2.33 bits per heavy atom. The van der Waals surface area contributed by atoms with Crippen molar-refractivity contribution in [3.63, 3.8) is 0 Å². The lowest BCUT2D eigenvalue weighted by Gasteiger charge is -2.28. The zero-order valence-electron chi connectivity index (χ0n) is 11.4. The van der Waals surface area contributed by atoms with E-state index < -0.39 is 0 Å². The third kappa shape index (κ3) is 2.57. The molecule has 0 saturated heterocycles. The topological polar surface area (TPSA) is 83.1 Å². The Balaban J connectivity index is 2.03. The van der Waals surface area contributed by atoms with Crippen LogP contribution in [0.1, 0.15) is 52.1 Å². The molecular weight excluding hydrogens is 228 g/mol. The van der Waals surface area contributed by atoms with Gasteiger partial charge in [0.2, 0.25) is 0 Å². The first-order chi connectivity index (χ1) is 8.42. The second-order valence-corrected chi connectivity index (χ2v) is 5.96. The highest BCUT2D eigenvalue weighted by atomic mass is 15.3. The van der Waals surface area contributed by atoms with Crippen molar-refractivity contribution in [1.29, 1.82) is 0 Å². The van der Waals surface area contributed by atoms with Crippen molar-refractivity contribution >= 4 is 0 Å². The highest BCUT2D eigenvalue weighted by Crippen LogP contribution is 2.33. The van der Waals surface area contributed by atoms with Crippen molar-refractivity contribution in [2.75, 3.05) is 0 Å². The first-order valence-electron chi connectivity index (χ1n) is 6.14. The van der Waals surface area contributed by atoms with Gasteiger partial charge < -0.3 is 0 Å². The zero-order valence-corrected chi connectivity index (χ0v) is 11.4. The van der Waals surface area contributed by atoms with E-state index in [0.29, 0.717) is 0 Å². The SMILES string of the molecule is CC(C)(CCC(C)(C)c1ncn[nH]1)c1cn[nH]n1. The maximum absolute atomic E-state index is 4.25. The van der Waals surface area contributed by atoms with Crippen LogP contribution in [0.3, 0.4) is 0 Å². The molecule has 0 atom stereocenters. The zero-order chi connectivity index (χ0) is 13.2. The molecule has 2 N–H and O–H groups in total. The first kappa shape index (κ1) is 12.7. The van der Waals surface area contributed by atoms with E-state index in [1.165, 1.54) is 0 Å². The predicted molar refractivity (Wildman–Crippen MR) is 68.1 cm³/mol. The third-order valence-electron chi connectivity index (χ3n) is 3.54. The van der Waals surface area contributed by atoms with E-state index in [4.69, 9.17) is 0 Å². The van der Waals surface area contributed by atoms with Gasteiger partial charge in [-0.1, -0.05) is 27.7 Å². The van der Waals surface area contributed by atoms with E-state index >= 15 is 0 Å². The largest absolute Gasteiger partial charge is 0.263 e. The Morgan fingerprint density at radius 2 is 1.78 bits per heavy atom. The van der Waals surface area contributed by atoms with Crippen LogP contribution in [-0.4, -0.2) is 30.6 Å². The lowest BCUT2D eigenvalue weighted by atomic mass is 9.77. The molecule has 6 nitrogen and oxygen atoms in total. The van der Waals surface area contributed by atoms with Gasteiger partial charge in [-0.2, -0.15) is 20.5 Å². The van der Waals surface area contributed by atoms with Crippen molar-refractivity contribution in [2.24, 2.45) is 0 Å². The summed E-state index contributed by atoms with van der Waals surface area (Å²) in [6.45, 7) is 8.71. The molecule has 98 valence electrons. The number of nitrogens with zero attached hydrogens (tertiary/aromatic N) is 4. The van der Waals surface area contributed by atoms with Crippen molar-refractivity contribution in [3.05, 3.63) is 24.0 Å². The Kier molecular flexibility index (Phi) is 3.19. The number of rotatable bonds is 5. The molecule has 0 spiro atoms. The smallest absolute Gasteiger partial charge is 0.137 e. The van der Waals surface area contributed by atoms with Crippen molar-refractivity contribution < 1.29 is 0 Å². The molecule has 2 aromatic rings. The number of hydrogen-bond donors (Lipinski definition) is 2. The molecule has 0 aromatic carbocycles. The van der Waals surface area contributed by atoms with Crippen LogP contribution in [0.5, 0.6) is 0 Å². The molecule has 2 aromatic heterocycles. The van der Waals surface area contributed by atoms with Crippen molar-refractivity contribution in [2.45, 2.75) is 51.4 Å². The molecule has 0 saturated carbocycles. The fourth-order valence-electron chi connectivity index (χ4n) is 1.93. The molecule has 2 rings (SSSR count). The molecule has 0 aliphatic heterocycles. The molecule has 0 amide bonds. The van der Waals surface area contributed by atoms with E-state index in [9.17, 15) is 0 Å². The van der Waals surface area contributed by atoms with Crippen LogP contribution in [0.4, 0.5) is 0 Å². The Hall–Kier alpha value is -1.72. The van der Waals surface area contributed by atoms with Gasteiger partial charge in [0.05, 0.1) is 11.9 Å². The highest BCUT2D eigenvalue weighted by Gasteiger charge is 2.30. The first-order valence-corrected chi connectivity index (χ1v) is 6.14. The standard InChI is InChI=1S/C12H20N6/c1-11(2,9-7-14-18-16-9)5-6-12(3,4)10-13-8-15-17-10/h7-8H,5-6H2,1-4H3,(H,13,15,17)(H,14,16,18). The van der Waals surface area contributed by atoms with Crippen molar-refractivity contribution in [3.8, 4) is 0 Å². The van der Waals surface area contributed by atoms with E-state index in [-0.39, 0.29) is 10.8 Å². The number of aromatic amines is 2. The van der Waals surface area contributed by atoms with Gasteiger partial charge in [0.15, 0.2) is 0 Å². The minimum atomic E-state index is -0.0164. The molecule has 0 unspecified atom stereocenters. The molecule has 6 heteroatoms. The average molecular weight is 248 g/mol. The average Bonchev–Trinajstić information content (AvgIpc) is 2.99. The van der Waals surface area contributed by atoms with Gasteiger partial charge in [0.1, 0.15) is 12.2 Å². The van der Waals surface area contributed by atoms with Crippen LogP contribution in [0.25, 0.3) is 0 Å². The second kappa shape index (κ2) is 4.51. The number of nitrogens with one attached hydrogen (secondary N) is 2. The number of aromatic nitrogens is 6. The minimum absolute atomic E-state index is 0.00426. The molecular formula is C12H20N6. The lowest BCUT2D eigenvalue weighted by Crippen LogP contribution is -2.25. The highest BCUT2D eigenvalue weighted by molar-refractivity contribution is 5.10. The van der Waals surface area contributed by atoms with Gasteiger partial charge in [0, 0.05) is 10.8 Å². The van der Waals surface area contributed by atoms with E-state index in [1.807, 2.05) is 0 Å². The summed E-state index contributed by atoms with van der Waals surface area (Å²) in [5.41, 5.74) is 0.984. The lowest BCUT2D eigenvalue weighted by molar-refractivity contribution is 0.357. The van der Waals surface area contributed by atoms with E-state index in [1.54, 1.807) is 12.5 Å². The molecule has 0 bridgehead atoms. The summed E-state index contributed by atoms with van der Waals surface area (Å²) in [6, 6.07) is 0. The summed E-state index contributed by atoms with van der Waals surface area (Å²) in [6.07, 6.45) is 5.36. The van der Waals surface area contributed by atoms with Crippen LogP contribution in [0.2, 0.25) is 0 Å². The van der Waals surface area contributed by atoms with Gasteiger partial charge in [-0.15, -0.1) is 0 Å². The quantitative estimate of drug-likeness (QED) is 0.847. The Labute approximate surface area is 107 Å². The van der Waals surface area contributed by atoms with Crippen LogP contribution in [-0.2, 0) is 10.8 Å². The summed E-state index contributed by atoms with van der Waals surface area (Å²) in [5, 5.41) is 17.6. The fourth-order valence-corrected chi connectivity index (χ4v) is 1.93. The summed E-state index contributed by atoms with van der Waals surface area (Å²) >= 11 is 0. The number of hydrogen-bond acceptors (Lipinski definition) is 4. The Morgan fingerprint density at radius 1 is 1.06 bits per heavy atom. The molecule has 0 aliphatic rings. The van der Waals surface area contributed by atoms with Gasteiger partial charge in [0.25, 0.3) is 0 Å². The summed E-state index contributed by atoms with van der Waals surface area (Å²) < 4.78 is 0. The van der Waals surface area contributed by atoms with Gasteiger partial charge in [-0.05, 0) is 12.8 Å². The van der Waals surface area contributed by atoms with Gasteiger partial charge in [-0.25, -0.2) is 4.98 Å². The minimum Gasteiger partial charge on any atom is -0.263 e. The van der Waals surface area contributed by atoms with Crippen molar-refractivity contribution in [1.82, 2.24) is 30.6 Å². The molecule has 0 aliphatic carbocycles. The molecule has 0 radical (unpaired) electrons. The monoisotopic (exact) mass is 248 g/mol. The second-order valence-electron chi connectivity index (χ2n) is 5.96. The Bertz CT molecular complexity index is 422. The normalized spacial score (nSPS) is 12.9. The van der Waals surface area contributed by atoms with Gasteiger partial charge >= 0.3 is 0 Å².